The van der Waals surface area contributed by atoms with Crippen molar-refractivity contribution in [2.75, 3.05) is 13.2 Å². The minimum atomic E-state index is -1.11. The number of amides is 2. The average Bonchev–Trinajstić information content (AvgIpc) is 3.27. The van der Waals surface area contributed by atoms with Gasteiger partial charge in [-0.15, -0.1) is 10.2 Å². The molecule has 0 aliphatic heterocycles. The molecule has 1 atom stereocenters. The van der Waals surface area contributed by atoms with E-state index in [-0.39, 0.29) is 12.4 Å². The van der Waals surface area contributed by atoms with Gasteiger partial charge in [0.15, 0.2) is 0 Å². The highest BCUT2D eigenvalue weighted by molar-refractivity contribution is 5.91. The molecule has 10 nitrogen and oxygen atoms in total. The van der Waals surface area contributed by atoms with Crippen LogP contribution < -0.4 is 5.32 Å². The molecule has 37 heavy (non-hydrogen) atoms. The molecule has 0 aliphatic rings. The third-order valence-corrected chi connectivity index (χ3v) is 5.21. The number of nitrogens with zero attached hydrogens (tertiary/aromatic N) is 5. The molecule has 0 saturated heterocycles. The first-order chi connectivity index (χ1) is 17.5. The summed E-state index contributed by atoms with van der Waals surface area (Å²) in [5.41, 5.74) is 1.44. The maximum Gasteiger partial charge on any atom is 0.325 e. The fourth-order valence-corrected chi connectivity index (χ4v) is 3.57. The molecule has 0 spiro atoms. The Morgan fingerprint density at radius 2 is 1.73 bits per heavy atom. The molecule has 3 aromatic rings. The predicted octanol–water partition coefficient (Wildman–Crippen LogP) is 2.84. The van der Waals surface area contributed by atoms with Crippen LogP contribution in [-0.4, -0.2) is 61.6 Å². The number of halogens is 1. The van der Waals surface area contributed by atoms with Crippen LogP contribution in [0.5, 0.6) is 0 Å². The SMILES string of the molecule is CCOC(=O)CN(C(=O)Cn1nnc(-c2ccc(F)cc2)n1)C(C(=O)NC(C)(C)C)c1ccc(C)cc1. The second-order valence-corrected chi connectivity index (χ2v) is 9.53. The first-order valence-corrected chi connectivity index (χ1v) is 11.8. The molecule has 0 bridgehead atoms. The number of nitrogens with one attached hydrogen (secondary N) is 1. The fourth-order valence-electron chi connectivity index (χ4n) is 3.57. The third kappa shape index (κ3) is 7.66. The van der Waals surface area contributed by atoms with Crippen LogP contribution in [0.1, 0.15) is 44.9 Å². The number of aromatic nitrogens is 4. The summed E-state index contributed by atoms with van der Waals surface area (Å²) < 4.78 is 18.3. The molecule has 11 heteroatoms. The number of carbonyl (C=O) groups excluding carboxylic acids is 3. The molecule has 0 fully saturated rings. The zero-order chi connectivity index (χ0) is 27.2. The van der Waals surface area contributed by atoms with Crippen LogP contribution in [-0.2, 0) is 25.7 Å². The van der Waals surface area contributed by atoms with Gasteiger partial charge in [0.1, 0.15) is 24.9 Å². The molecule has 1 aromatic heterocycles. The Balaban J connectivity index is 1.95. The summed E-state index contributed by atoms with van der Waals surface area (Å²) in [6, 6.07) is 11.6. The van der Waals surface area contributed by atoms with Gasteiger partial charge in [-0.1, -0.05) is 29.8 Å². The molecule has 1 unspecified atom stereocenters. The van der Waals surface area contributed by atoms with Gasteiger partial charge in [0.05, 0.1) is 6.61 Å². The smallest absolute Gasteiger partial charge is 0.325 e. The molecule has 0 saturated carbocycles. The van der Waals surface area contributed by atoms with Crippen LogP contribution in [0.15, 0.2) is 48.5 Å². The van der Waals surface area contributed by atoms with Crippen molar-refractivity contribution >= 4 is 17.8 Å². The van der Waals surface area contributed by atoms with Gasteiger partial charge < -0.3 is 15.0 Å². The van der Waals surface area contributed by atoms with Crippen molar-refractivity contribution < 1.29 is 23.5 Å². The van der Waals surface area contributed by atoms with Crippen LogP contribution in [0.4, 0.5) is 4.39 Å². The van der Waals surface area contributed by atoms with Crippen molar-refractivity contribution in [1.29, 1.82) is 0 Å². The fraction of sp³-hybridized carbons (Fsp3) is 0.385. The highest BCUT2D eigenvalue weighted by Crippen LogP contribution is 2.24. The average molecular weight is 511 g/mol. The van der Waals surface area contributed by atoms with E-state index in [1.165, 1.54) is 24.3 Å². The standard InChI is InChI=1S/C26H31FN6O4/c1-6-37-22(35)16-32(23(25(36)28-26(3,4)5)18-9-7-17(2)8-10-18)21(34)15-33-30-24(29-31-33)19-11-13-20(27)14-12-19/h7-14,23H,6,15-16H2,1-5H3,(H,28,36). The van der Waals surface area contributed by atoms with E-state index >= 15 is 0 Å². The Bertz CT molecular complexity index is 1240. The van der Waals surface area contributed by atoms with Crippen LogP contribution >= 0.6 is 0 Å². The lowest BCUT2D eigenvalue weighted by molar-refractivity contribution is -0.153. The highest BCUT2D eigenvalue weighted by Gasteiger charge is 2.35. The quantitative estimate of drug-likeness (QED) is 0.440. The van der Waals surface area contributed by atoms with E-state index in [2.05, 4.69) is 20.7 Å². The van der Waals surface area contributed by atoms with Gasteiger partial charge in [0.25, 0.3) is 0 Å². The lowest BCUT2D eigenvalue weighted by Crippen LogP contribution is -2.51. The highest BCUT2D eigenvalue weighted by atomic mass is 19.1. The van der Waals surface area contributed by atoms with Crippen molar-refractivity contribution in [3.63, 3.8) is 0 Å². The summed E-state index contributed by atoms with van der Waals surface area (Å²) in [5.74, 6) is -1.91. The van der Waals surface area contributed by atoms with Crippen LogP contribution in [0.3, 0.4) is 0 Å². The maximum absolute atomic E-state index is 13.6. The summed E-state index contributed by atoms with van der Waals surface area (Å²) in [7, 11) is 0. The molecule has 2 amide bonds. The molecule has 2 aromatic carbocycles. The van der Waals surface area contributed by atoms with Gasteiger partial charge >= 0.3 is 5.97 Å². The van der Waals surface area contributed by atoms with Crippen LogP contribution in [0, 0.1) is 12.7 Å². The monoisotopic (exact) mass is 510 g/mol. The lowest BCUT2D eigenvalue weighted by Gasteiger charge is -2.33. The topological polar surface area (TPSA) is 119 Å². The Morgan fingerprint density at radius 3 is 2.32 bits per heavy atom. The number of aryl methyl sites for hydroxylation is 1. The number of hydrogen-bond donors (Lipinski definition) is 1. The first-order valence-electron chi connectivity index (χ1n) is 11.8. The number of ether oxygens (including phenoxy) is 1. The Hall–Kier alpha value is -4.15. The Labute approximate surface area is 214 Å². The zero-order valence-corrected chi connectivity index (χ0v) is 21.6. The van der Waals surface area contributed by atoms with Gasteiger partial charge in [0, 0.05) is 11.1 Å². The second-order valence-electron chi connectivity index (χ2n) is 9.53. The summed E-state index contributed by atoms with van der Waals surface area (Å²) in [6.07, 6.45) is 0. The number of tetrazole rings is 1. The number of carbonyl (C=O) groups is 3. The van der Waals surface area contributed by atoms with E-state index in [0.29, 0.717) is 11.1 Å². The number of esters is 1. The Kier molecular flexibility index (Phi) is 8.69. The zero-order valence-electron chi connectivity index (χ0n) is 21.6. The summed E-state index contributed by atoms with van der Waals surface area (Å²) in [4.78, 5) is 41.7. The van der Waals surface area contributed by atoms with E-state index in [1.54, 1.807) is 19.1 Å². The van der Waals surface area contributed by atoms with Crippen molar-refractivity contribution in [2.45, 2.75) is 52.7 Å². The number of hydrogen-bond acceptors (Lipinski definition) is 7. The second kappa shape index (κ2) is 11.7. The van der Waals surface area contributed by atoms with E-state index in [0.717, 1.165) is 15.3 Å². The summed E-state index contributed by atoms with van der Waals surface area (Å²) in [6.45, 7) is 8.31. The maximum atomic E-state index is 13.6. The van der Waals surface area contributed by atoms with Gasteiger partial charge in [-0.3, -0.25) is 14.4 Å². The van der Waals surface area contributed by atoms with E-state index in [9.17, 15) is 18.8 Å². The molecule has 196 valence electrons. The molecular weight excluding hydrogens is 479 g/mol. The summed E-state index contributed by atoms with van der Waals surface area (Å²) in [5, 5.41) is 15.0. The first kappa shape index (κ1) is 27.4. The normalized spacial score (nSPS) is 12.1. The third-order valence-electron chi connectivity index (χ3n) is 5.21. The predicted molar refractivity (Wildman–Crippen MR) is 133 cm³/mol. The molecule has 1 heterocycles. The lowest BCUT2D eigenvalue weighted by atomic mass is 10.0. The van der Waals surface area contributed by atoms with Crippen molar-refractivity contribution in [2.24, 2.45) is 0 Å². The summed E-state index contributed by atoms with van der Waals surface area (Å²) >= 11 is 0. The molecule has 1 N–H and O–H groups in total. The van der Waals surface area contributed by atoms with Crippen molar-refractivity contribution in [3.05, 3.63) is 65.5 Å². The van der Waals surface area contributed by atoms with Crippen molar-refractivity contribution in [3.8, 4) is 11.4 Å². The minimum absolute atomic E-state index is 0.121. The molecule has 3 rings (SSSR count). The largest absolute Gasteiger partial charge is 0.465 e. The van der Waals surface area contributed by atoms with E-state index in [4.69, 9.17) is 4.74 Å². The number of benzene rings is 2. The van der Waals surface area contributed by atoms with E-state index < -0.39 is 48.3 Å². The van der Waals surface area contributed by atoms with Crippen molar-refractivity contribution in [1.82, 2.24) is 30.4 Å². The molecule has 0 radical (unpaired) electrons. The molecular formula is C26H31FN6O4. The number of rotatable bonds is 9. The minimum Gasteiger partial charge on any atom is -0.465 e. The van der Waals surface area contributed by atoms with Gasteiger partial charge in [-0.05, 0) is 69.7 Å². The van der Waals surface area contributed by atoms with Crippen LogP contribution in [0.2, 0.25) is 0 Å². The molecule has 0 aliphatic carbocycles. The van der Waals surface area contributed by atoms with Gasteiger partial charge in [0.2, 0.25) is 17.6 Å². The Morgan fingerprint density at radius 1 is 1.08 bits per heavy atom. The van der Waals surface area contributed by atoms with Crippen LogP contribution in [0.25, 0.3) is 11.4 Å². The van der Waals surface area contributed by atoms with Gasteiger partial charge in [-0.25, -0.2) is 4.39 Å². The van der Waals surface area contributed by atoms with E-state index in [1.807, 2.05) is 39.8 Å². The van der Waals surface area contributed by atoms with Gasteiger partial charge in [-0.2, -0.15) is 4.80 Å².